The van der Waals surface area contributed by atoms with Gasteiger partial charge in [0.15, 0.2) is 28.9 Å². The Labute approximate surface area is 229 Å². The highest BCUT2D eigenvalue weighted by atomic mass is 19.1. The monoisotopic (exact) mass is 553 g/mol. The van der Waals surface area contributed by atoms with Crippen molar-refractivity contribution in [2.45, 2.75) is 26.4 Å². The summed E-state index contributed by atoms with van der Waals surface area (Å²) in [6, 6.07) is 5.04. The maximum Gasteiger partial charge on any atom is 0.258 e. The predicted octanol–water partition coefficient (Wildman–Crippen LogP) is 4.14. The van der Waals surface area contributed by atoms with Crippen LogP contribution in [0.3, 0.4) is 0 Å². The summed E-state index contributed by atoms with van der Waals surface area (Å²) in [6.07, 6.45) is 2.37. The number of nitrogens with two attached hydrogens (primary N) is 1. The summed E-state index contributed by atoms with van der Waals surface area (Å²) in [7, 11) is 1.58. The summed E-state index contributed by atoms with van der Waals surface area (Å²) in [5, 5.41) is 2.57. The Morgan fingerprint density at radius 3 is 2.75 bits per heavy atom. The van der Waals surface area contributed by atoms with Gasteiger partial charge in [-0.15, -0.1) is 0 Å². The zero-order valence-corrected chi connectivity index (χ0v) is 22.5. The number of carbonyl (C=O) groups excluding carboxylic acids is 2. The van der Waals surface area contributed by atoms with Crippen molar-refractivity contribution >= 4 is 23.3 Å². The van der Waals surface area contributed by atoms with Crippen molar-refractivity contribution in [3.05, 3.63) is 66.0 Å². The number of amides is 2. The van der Waals surface area contributed by atoms with E-state index < -0.39 is 23.1 Å². The number of halogens is 2. The second kappa shape index (κ2) is 11.2. The van der Waals surface area contributed by atoms with Gasteiger partial charge >= 0.3 is 0 Å². The number of fused-ring (bicyclic) bond motifs is 1. The first-order valence-corrected chi connectivity index (χ1v) is 12.3. The number of benzene rings is 2. The van der Waals surface area contributed by atoms with E-state index in [1.165, 1.54) is 35.5 Å². The van der Waals surface area contributed by atoms with Crippen molar-refractivity contribution < 1.29 is 32.6 Å². The first-order valence-electron chi connectivity index (χ1n) is 12.3. The van der Waals surface area contributed by atoms with Gasteiger partial charge in [0.25, 0.3) is 5.91 Å². The molecule has 0 saturated heterocycles. The Morgan fingerprint density at radius 2 is 2.02 bits per heavy atom. The molecule has 40 heavy (non-hydrogen) atoms. The Bertz CT molecular complexity index is 1490. The Kier molecular flexibility index (Phi) is 7.89. The molecular formula is C28H29F2N5O5. The van der Waals surface area contributed by atoms with Gasteiger partial charge in [-0.1, -0.05) is 6.58 Å². The molecule has 2 heterocycles. The third-order valence-electron chi connectivity index (χ3n) is 6.19. The molecule has 0 bridgehead atoms. The topological polar surface area (TPSA) is 129 Å². The molecule has 210 valence electrons. The van der Waals surface area contributed by atoms with Crippen LogP contribution < -0.4 is 25.3 Å². The minimum absolute atomic E-state index is 0.00141. The van der Waals surface area contributed by atoms with Gasteiger partial charge in [-0.3, -0.25) is 9.59 Å². The highest BCUT2D eigenvalue weighted by molar-refractivity contribution is 6.05. The van der Waals surface area contributed by atoms with Crippen LogP contribution in [0.1, 0.15) is 29.8 Å². The lowest BCUT2D eigenvalue weighted by Gasteiger charge is -2.32. The normalized spacial score (nSPS) is 13.3. The summed E-state index contributed by atoms with van der Waals surface area (Å²) in [5.74, 6) is -2.60. The van der Waals surface area contributed by atoms with Crippen molar-refractivity contribution in [2.75, 3.05) is 37.9 Å². The first-order chi connectivity index (χ1) is 18.9. The van der Waals surface area contributed by atoms with Crippen LogP contribution in [0, 0.1) is 18.6 Å². The van der Waals surface area contributed by atoms with E-state index in [0.717, 1.165) is 6.07 Å². The molecular weight excluding hydrogens is 524 g/mol. The van der Waals surface area contributed by atoms with Crippen LogP contribution in [0.15, 0.2) is 43.2 Å². The second-order valence-electron chi connectivity index (χ2n) is 9.73. The molecule has 0 spiro atoms. The van der Waals surface area contributed by atoms with E-state index >= 15 is 4.39 Å². The van der Waals surface area contributed by atoms with Crippen molar-refractivity contribution in [2.24, 2.45) is 0 Å². The van der Waals surface area contributed by atoms with Crippen LogP contribution in [-0.2, 0) is 4.79 Å². The number of hydrogen-bond donors (Lipinski definition) is 2. The van der Waals surface area contributed by atoms with Crippen LogP contribution in [-0.4, -0.2) is 59.1 Å². The van der Waals surface area contributed by atoms with Gasteiger partial charge in [-0.25, -0.2) is 18.7 Å². The number of anilines is 2. The first kappa shape index (κ1) is 28.3. The summed E-state index contributed by atoms with van der Waals surface area (Å²) >= 11 is 0. The van der Waals surface area contributed by atoms with Crippen LogP contribution in [0.4, 0.5) is 20.3 Å². The molecule has 3 aromatic rings. The molecule has 12 heteroatoms. The fraction of sp³-hybridized carbons (Fsp3) is 0.286. The van der Waals surface area contributed by atoms with Crippen molar-refractivity contribution in [3.63, 3.8) is 0 Å². The second-order valence-corrected chi connectivity index (χ2v) is 9.73. The molecule has 2 amide bonds. The summed E-state index contributed by atoms with van der Waals surface area (Å²) < 4.78 is 47.1. The number of hydrogen-bond acceptors (Lipinski definition) is 8. The number of nitrogen functional groups attached to an aromatic ring is 1. The van der Waals surface area contributed by atoms with Gasteiger partial charge in [0.2, 0.25) is 5.91 Å². The molecule has 1 aromatic heterocycles. The number of rotatable bonds is 8. The molecule has 3 N–H and O–H groups in total. The molecule has 4 rings (SSSR count). The molecule has 2 aromatic carbocycles. The highest BCUT2D eigenvalue weighted by Gasteiger charge is 2.32. The minimum Gasteiger partial charge on any atom is -0.486 e. The number of nitrogens with zero attached hydrogens (tertiary/aromatic N) is 3. The van der Waals surface area contributed by atoms with Crippen molar-refractivity contribution in [3.8, 4) is 28.5 Å². The van der Waals surface area contributed by atoms with E-state index in [-0.39, 0.29) is 71.2 Å². The van der Waals surface area contributed by atoms with Gasteiger partial charge in [0.05, 0.1) is 12.1 Å². The number of ether oxygens (including phenoxy) is 3. The molecule has 0 radical (unpaired) electrons. The van der Waals surface area contributed by atoms with E-state index in [9.17, 15) is 14.0 Å². The molecule has 0 atom stereocenters. The highest BCUT2D eigenvalue weighted by Crippen LogP contribution is 2.40. The number of carbonyl (C=O) groups is 2. The molecule has 0 unspecified atom stereocenters. The quantitative estimate of drug-likeness (QED) is 0.399. The third-order valence-corrected chi connectivity index (χ3v) is 6.19. The van der Waals surface area contributed by atoms with Crippen molar-refractivity contribution in [1.29, 1.82) is 0 Å². The minimum atomic E-state index is -0.890. The summed E-state index contributed by atoms with van der Waals surface area (Å²) in [4.78, 5) is 34.4. The van der Waals surface area contributed by atoms with Gasteiger partial charge in [0.1, 0.15) is 36.7 Å². The molecule has 0 saturated carbocycles. The van der Waals surface area contributed by atoms with E-state index in [2.05, 4.69) is 21.9 Å². The van der Waals surface area contributed by atoms with Gasteiger partial charge in [0, 0.05) is 18.3 Å². The van der Waals surface area contributed by atoms with E-state index in [1.807, 2.05) is 0 Å². The molecule has 1 aliphatic heterocycles. The lowest BCUT2D eigenvalue weighted by atomic mass is 10.0. The van der Waals surface area contributed by atoms with Gasteiger partial charge in [-0.05, 0) is 56.7 Å². The average molecular weight is 554 g/mol. The van der Waals surface area contributed by atoms with Gasteiger partial charge in [-0.2, -0.15) is 0 Å². The predicted molar refractivity (Wildman–Crippen MR) is 144 cm³/mol. The molecule has 0 aliphatic carbocycles. The Balaban J connectivity index is 1.62. The largest absolute Gasteiger partial charge is 0.486 e. The fourth-order valence-electron chi connectivity index (χ4n) is 4.02. The molecule has 0 fully saturated rings. The Morgan fingerprint density at radius 1 is 1.27 bits per heavy atom. The maximum absolute atomic E-state index is 15.2. The van der Waals surface area contributed by atoms with E-state index in [4.69, 9.17) is 19.9 Å². The van der Waals surface area contributed by atoms with Crippen molar-refractivity contribution in [1.82, 2.24) is 14.9 Å². The number of aromatic nitrogens is 2. The summed E-state index contributed by atoms with van der Waals surface area (Å²) in [5.41, 5.74) is 6.01. The van der Waals surface area contributed by atoms with E-state index in [0.29, 0.717) is 5.56 Å². The Hall–Kier alpha value is -4.74. The van der Waals surface area contributed by atoms with Gasteiger partial charge < -0.3 is 30.2 Å². The lowest BCUT2D eigenvalue weighted by molar-refractivity contribution is -0.125. The molecule has 10 nitrogen and oxygen atoms in total. The van der Waals surface area contributed by atoms with Crippen LogP contribution in [0.25, 0.3) is 11.3 Å². The third kappa shape index (κ3) is 5.80. The van der Waals surface area contributed by atoms with E-state index in [1.54, 1.807) is 27.8 Å². The number of nitrogens with one attached hydrogen (secondary N) is 1. The summed E-state index contributed by atoms with van der Waals surface area (Å²) in [6.45, 7) is 9.01. The van der Waals surface area contributed by atoms with Crippen LogP contribution in [0.2, 0.25) is 0 Å². The maximum atomic E-state index is 15.2. The fourth-order valence-corrected chi connectivity index (χ4v) is 4.02. The SMILES string of the molecule is C=CC(=O)N(C)CCOc1c(N)ncnc1-c1cc(F)cc(NC(=O)c2ccc3c(c2F)OCC(C)(C)O3)c1C. The zero-order chi connectivity index (χ0) is 29.2. The zero-order valence-electron chi connectivity index (χ0n) is 22.5. The van der Waals surface area contributed by atoms with Crippen LogP contribution >= 0.6 is 0 Å². The lowest BCUT2D eigenvalue weighted by Crippen LogP contribution is -2.39. The standard InChI is InChI=1S/C28H29F2N5O5/c1-6-21(36)35(5)9-10-38-25-23(32-14-33-26(25)31)18-11-16(29)12-19(15(18)2)34-27(37)17-7-8-20-24(22(17)30)39-13-28(3,4)40-20/h6-8,11-12,14H,1,9-10,13H2,2-5H3,(H,34,37)(H2,31,32,33). The number of likely N-dealkylation sites (N-methyl/N-ethyl adjacent to an activating group) is 1. The average Bonchev–Trinajstić information content (AvgIpc) is 2.90. The molecule has 1 aliphatic rings. The smallest absolute Gasteiger partial charge is 0.258 e. The van der Waals surface area contributed by atoms with Crippen LogP contribution in [0.5, 0.6) is 17.2 Å².